The molecule has 0 fully saturated rings. The van der Waals surface area contributed by atoms with Gasteiger partial charge in [0.15, 0.2) is 18.9 Å². The van der Waals surface area contributed by atoms with Crippen LogP contribution in [0.4, 0.5) is 0 Å². The Hall–Kier alpha value is -2.51. The van der Waals surface area contributed by atoms with E-state index in [1.807, 2.05) is 13.0 Å². The lowest BCUT2D eigenvalue weighted by atomic mass is 10.2. The number of carbonyl (C=O) groups is 2. The van der Waals surface area contributed by atoms with E-state index in [1.165, 1.54) is 0 Å². The van der Waals surface area contributed by atoms with Crippen LogP contribution in [-0.4, -0.2) is 25.0 Å². The largest absolute Gasteiger partial charge is 0.484 e. The molecule has 4 N–H and O–H groups in total. The lowest BCUT2D eigenvalue weighted by molar-refractivity contribution is -0.684. The van der Waals surface area contributed by atoms with Crippen LogP contribution in [0.25, 0.3) is 0 Å². The van der Waals surface area contributed by atoms with Crippen LogP contribution in [0.2, 0.25) is 5.02 Å². The molecule has 24 heavy (non-hydrogen) atoms. The fourth-order valence-corrected chi connectivity index (χ4v) is 1.98. The fraction of sp³-hybridized carbons (Fsp3) is 0.250. The van der Waals surface area contributed by atoms with Crippen molar-refractivity contribution in [3.05, 3.63) is 53.4 Å². The van der Waals surface area contributed by atoms with Gasteiger partial charge in [-0.05, 0) is 43.3 Å². The summed E-state index contributed by atoms with van der Waals surface area (Å²) in [6, 6.07) is 10.3. The molecule has 0 radical (unpaired) electrons. The highest BCUT2D eigenvalue weighted by molar-refractivity contribution is 6.30. The van der Waals surface area contributed by atoms with Crippen LogP contribution < -0.4 is 20.9 Å². The summed E-state index contributed by atoms with van der Waals surface area (Å²) in [6.45, 7) is 1.86. The van der Waals surface area contributed by atoms with Gasteiger partial charge in [0.2, 0.25) is 0 Å². The molecule has 1 aromatic heterocycles. The molecule has 0 aliphatic rings. The number of amides is 2. The predicted octanol–water partition coefficient (Wildman–Crippen LogP) is 0.784. The number of benzene rings is 1. The summed E-state index contributed by atoms with van der Waals surface area (Å²) in [5.41, 5.74) is 4.62. The first-order valence-corrected chi connectivity index (χ1v) is 7.75. The molecule has 2 amide bonds. The van der Waals surface area contributed by atoms with E-state index < -0.39 is 5.91 Å². The van der Waals surface area contributed by atoms with Crippen molar-refractivity contribution in [3.63, 3.8) is 0 Å². The molecular weight excluding hydrogens is 334 g/mol. The Morgan fingerprint density at radius 2 is 1.92 bits per heavy atom. The van der Waals surface area contributed by atoms with Gasteiger partial charge >= 0.3 is 0 Å². The zero-order valence-corrected chi connectivity index (χ0v) is 13.9. The fourth-order valence-electron chi connectivity index (χ4n) is 1.86. The lowest BCUT2D eigenvalue weighted by Crippen LogP contribution is -2.87. The maximum atomic E-state index is 11.7. The van der Waals surface area contributed by atoms with Gasteiger partial charge in [0, 0.05) is 5.02 Å². The highest BCUT2D eigenvalue weighted by atomic mass is 35.5. The van der Waals surface area contributed by atoms with Crippen molar-refractivity contribution in [1.82, 2.24) is 10.9 Å². The van der Waals surface area contributed by atoms with E-state index in [9.17, 15) is 9.59 Å². The topological polar surface area (TPSA) is 97.2 Å². The second-order valence-electron chi connectivity index (χ2n) is 5.08. The Labute approximate surface area is 144 Å². The maximum absolute atomic E-state index is 11.7. The monoisotopic (exact) mass is 352 g/mol. The minimum absolute atomic E-state index is 0.00897. The van der Waals surface area contributed by atoms with Crippen molar-refractivity contribution in [2.24, 2.45) is 0 Å². The first-order valence-electron chi connectivity index (χ1n) is 7.37. The standard InChI is InChI=1S/C16H18ClN3O4/c1-11(14-3-2-8-23-14)18-9-15(21)19-20-16(22)10-24-13-6-4-12(17)5-7-13/h2-8,11,18H,9-10H2,1H3,(H,19,21)(H,20,22)/p+1/t11-/m1/s1. The van der Waals surface area contributed by atoms with Crippen LogP contribution in [0.3, 0.4) is 0 Å². The average Bonchev–Trinajstić information content (AvgIpc) is 3.12. The van der Waals surface area contributed by atoms with Crippen molar-refractivity contribution in [2.75, 3.05) is 13.2 Å². The Morgan fingerprint density at radius 1 is 1.21 bits per heavy atom. The van der Waals surface area contributed by atoms with Crippen LogP contribution in [0.5, 0.6) is 5.75 Å². The number of hydrogen-bond acceptors (Lipinski definition) is 4. The van der Waals surface area contributed by atoms with E-state index in [0.29, 0.717) is 10.8 Å². The number of nitrogens with one attached hydrogen (secondary N) is 2. The van der Waals surface area contributed by atoms with Gasteiger partial charge in [0.1, 0.15) is 11.8 Å². The number of hydrogen-bond donors (Lipinski definition) is 3. The first-order chi connectivity index (χ1) is 11.5. The van der Waals surface area contributed by atoms with Crippen LogP contribution in [-0.2, 0) is 9.59 Å². The SMILES string of the molecule is C[C@@H]([NH2+]CC(=O)NNC(=O)COc1ccc(Cl)cc1)c1ccco1. The third-order valence-electron chi connectivity index (χ3n) is 3.17. The molecular formula is C16H19ClN3O4+. The summed E-state index contributed by atoms with van der Waals surface area (Å²) < 4.78 is 10.5. The molecule has 0 aliphatic carbocycles. The van der Waals surface area contributed by atoms with E-state index in [1.54, 1.807) is 41.9 Å². The molecule has 2 rings (SSSR count). The van der Waals surface area contributed by atoms with Crippen molar-refractivity contribution in [3.8, 4) is 5.75 Å². The summed E-state index contributed by atoms with van der Waals surface area (Å²) in [5.74, 6) is 0.510. The molecule has 1 heterocycles. The molecule has 0 saturated heterocycles. The van der Waals surface area contributed by atoms with Crippen molar-refractivity contribution < 1.29 is 24.1 Å². The minimum Gasteiger partial charge on any atom is -0.484 e. The second kappa shape index (κ2) is 8.95. The number of carbonyl (C=O) groups excluding carboxylic acids is 2. The van der Waals surface area contributed by atoms with Gasteiger partial charge < -0.3 is 14.5 Å². The van der Waals surface area contributed by atoms with E-state index in [4.69, 9.17) is 20.8 Å². The van der Waals surface area contributed by atoms with Gasteiger partial charge in [-0.15, -0.1) is 0 Å². The van der Waals surface area contributed by atoms with Crippen molar-refractivity contribution in [2.45, 2.75) is 13.0 Å². The van der Waals surface area contributed by atoms with Crippen LogP contribution in [0.15, 0.2) is 47.1 Å². The lowest BCUT2D eigenvalue weighted by Gasteiger charge is -2.10. The van der Waals surface area contributed by atoms with E-state index in [0.717, 1.165) is 5.76 Å². The Bertz CT molecular complexity index is 658. The molecule has 0 bridgehead atoms. The molecule has 0 aliphatic heterocycles. The third kappa shape index (κ3) is 5.94. The number of halogens is 1. The normalized spacial score (nSPS) is 11.6. The Kier molecular flexibility index (Phi) is 6.65. The van der Waals surface area contributed by atoms with Gasteiger partial charge in [-0.2, -0.15) is 0 Å². The highest BCUT2D eigenvalue weighted by Gasteiger charge is 2.14. The average molecular weight is 353 g/mol. The molecule has 7 nitrogen and oxygen atoms in total. The number of rotatable bonds is 7. The number of quaternary nitrogens is 1. The van der Waals surface area contributed by atoms with Crippen molar-refractivity contribution in [1.29, 1.82) is 0 Å². The minimum atomic E-state index is -0.461. The smallest absolute Gasteiger partial charge is 0.293 e. The van der Waals surface area contributed by atoms with E-state index in [2.05, 4.69) is 10.9 Å². The van der Waals surface area contributed by atoms with Crippen molar-refractivity contribution >= 4 is 23.4 Å². The van der Waals surface area contributed by atoms with Gasteiger partial charge in [-0.1, -0.05) is 11.6 Å². The Balaban J connectivity index is 1.62. The summed E-state index contributed by atoms with van der Waals surface area (Å²) >= 11 is 5.75. The molecule has 128 valence electrons. The highest BCUT2D eigenvalue weighted by Crippen LogP contribution is 2.15. The predicted molar refractivity (Wildman–Crippen MR) is 87.1 cm³/mol. The quantitative estimate of drug-likeness (QED) is 0.642. The van der Waals surface area contributed by atoms with E-state index in [-0.39, 0.29) is 25.1 Å². The number of furan rings is 1. The van der Waals surface area contributed by atoms with Gasteiger partial charge in [-0.3, -0.25) is 20.4 Å². The second-order valence-corrected chi connectivity index (χ2v) is 5.52. The molecule has 8 heteroatoms. The molecule has 0 unspecified atom stereocenters. The van der Waals surface area contributed by atoms with E-state index >= 15 is 0 Å². The molecule has 1 atom stereocenters. The number of nitrogens with two attached hydrogens (primary N) is 1. The van der Waals surface area contributed by atoms with Crippen LogP contribution in [0.1, 0.15) is 18.7 Å². The molecule has 0 spiro atoms. The molecule has 0 saturated carbocycles. The summed E-state index contributed by atoms with van der Waals surface area (Å²) in [6.07, 6.45) is 1.58. The first kappa shape index (κ1) is 17.8. The zero-order valence-electron chi connectivity index (χ0n) is 13.1. The van der Waals surface area contributed by atoms with Crippen LogP contribution >= 0.6 is 11.6 Å². The summed E-state index contributed by atoms with van der Waals surface area (Å²) in [4.78, 5) is 23.3. The number of hydrazine groups is 1. The van der Waals surface area contributed by atoms with Gasteiger partial charge in [-0.25, -0.2) is 0 Å². The zero-order chi connectivity index (χ0) is 17.4. The molecule has 1 aromatic carbocycles. The van der Waals surface area contributed by atoms with Gasteiger partial charge in [0.05, 0.1) is 6.26 Å². The van der Waals surface area contributed by atoms with Gasteiger partial charge in [0.25, 0.3) is 11.8 Å². The Morgan fingerprint density at radius 3 is 2.58 bits per heavy atom. The summed E-state index contributed by atoms with van der Waals surface area (Å²) in [5, 5.41) is 2.38. The number of ether oxygens (including phenoxy) is 1. The maximum Gasteiger partial charge on any atom is 0.293 e. The summed E-state index contributed by atoms with van der Waals surface area (Å²) in [7, 11) is 0. The van der Waals surface area contributed by atoms with Crippen LogP contribution in [0, 0.1) is 0 Å². The third-order valence-corrected chi connectivity index (χ3v) is 3.43. The molecule has 2 aromatic rings.